The first-order chi connectivity index (χ1) is 15.1. The number of carbonyl (C=O) groups is 2. The van der Waals surface area contributed by atoms with Crippen LogP contribution in [-0.4, -0.2) is 41.2 Å². The lowest BCUT2D eigenvalue weighted by atomic mass is 10.1. The zero-order valence-electron chi connectivity index (χ0n) is 19.5. The average molecular weight is 477 g/mol. The lowest BCUT2D eigenvalue weighted by Crippen LogP contribution is -2.53. The summed E-state index contributed by atoms with van der Waals surface area (Å²) in [5, 5.41) is 3.60. The molecule has 1 N–H and O–H groups in total. The van der Waals surface area contributed by atoms with Gasteiger partial charge in [0.1, 0.15) is 11.8 Å². The van der Waals surface area contributed by atoms with Crippen LogP contribution in [-0.2, 0) is 21.9 Å². The Morgan fingerprint density at radius 2 is 1.78 bits per heavy atom. The Bertz CT molecular complexity index is 897. The molecule has 0 aliphatic rings. The molecular formula is C25H33ClN2O3S. The number of halogens is 1. The summed E-state index contributed by atoms with van der Waals surface area (Å²) in [6, 6.07) is 14.7. The topological polar surface area (TPSA) is 58.6 Å². The number of nitrogens with one attached hydrogen (secondary N) is 1. The highest BCUT2D eigenvalue weighted by Gasteiger charge is 2.30. The first-order valence-corrected chi connectivity index (χ1v) is 12.2. The maximum Gasteiger partial charge on any atom is 0.243 e. The van der Waals surface area contributed by atoms with Crippen molar-refractivity contribution < 1.29 is 14.3 Å². The fraction of sp³-hybridized carbons (Fsp3) is 0.440. The number of hydrogen-bond acceptors (Lipinski definition) is 4. The maximum absolute atomic E-state index is 13.3. The van der Waals surface area contributed by atoms with E-state index in [1.54, 1.807) is 18.1 Å². The normalized spacial score (nSPS) is 12.2. The number of nitrogens with zero attached hydrogens (tertiary/aromatic N) is 1. The van der Waals surface area contributed by atoms with Crippen molar-refractivity contribution in [1.82, 2.24) is 10.2 Å². The van der Waals surface area contributed by atoms with Gasteiger partial charge in [-0.05, 0) is 56.5 Å². The molecule has 0 saturated carbocycles. The molecule has 2 aromatic carbocycles. The molecule has 2 rings (SSSR count). The summed E-state index contributed by atoms with van der Waals surface area (Å²) in [6.45, 7) is 8.01. The van der Waals surface area contributed by atoms with E-state index >= 15 is 0 Å². The number of thioether (sulfide) groups is 1. The van der Waals surface area contributed by atoms with Gasteiger partial charge in [0, 0.05) is 22.9 Å². The molecule has 2 amide bonds. The maximum atomic E-state index is 13.3. The molecule has 1 unspecified atom stereocenters. The molecule has 0 spiro atoms. The second kappa shape index (κ2) is 12.2. The van der Waals surface area contributed by atoms with E-state index in [1.165, 1.54) is 11.8 Å². The molecule has 0 aliphatic heterocycles. The van der Waals surface area contributed by atoms with Gasteiger partial charge in [-0.2, -0.15) is 0 Å². The molecular weight excluding hydrogens is 444 g/mol. The van der Waals surface area contributed by atoms with E-state index in [-0.39, 0.29) is 29.7 Å². The van der Waals surface area contributed by atoms with Crippen LogP contribution in [0.3, 0.4) is 0 Å². The van der Waals surface area contributed by atoms with Crippen LogP contribution >= 0.6 is 23.4 Å². The number of carbonyl (C=O) groups excluding carboxylic acids is 2. The van der Waals surface area contributed by atoms with E-state index in [9.17, 15) is 9.59 Å². The predicted octanol–water partition coefficient (Wildman–Crippen LogP) is 5.30. The van der Waals surface area contributed by atoms with Crippen LogP contribution in [0.5, 0.6) is 5.75 Å². The van der Waals surface area contributed by atoms with Crippen LogP contribution < -0.4 is 10.1 Å². The van der Waals surface area contributed by atoms with Crippen LogP contribution in [0, 0.1) is 0 Å². The SMILES string of the molecule is CCC(C(=O)NC(C)(C)C)N(Cc1ccccc1Cl)C(=O)CSCc1ccc(OC)cc1. The van der Waals surface area contributed by atoms with Gasteiger partial charge in [0.15, 0.2) is 0 Å². The number of methoxy groups -OCH3 is 1. The summed E-state index contributed by atoms with van der Waals surface area (Å²) >= 11 is 7.89. The molecule has 5 nitrogen and oxygen atoms in total. The Morgan fingerprint density at radius 3 is 2.34 bits per heavy atom. The summed E-state index contributed by atoms with van der Waals surface area (Å²) in [5.41, 5.74) is 1.55. The molecule has 174 valence electrons. The molecule has 2 aromatic rings. The van der Waals surface area contributed by atoms with E-state index in [0.29, 0.717) is 17.2 Å². The highest BCUT2D eigenvalue weighted by molar-refractivity contribution is 7.99. The molecule has 32 heavy (non-hydrogen) atoms. The fourth-order valence-electron chi connectivity index (χ4n) is 3.24. The molecule has 0 heterocycles. The third kappa shape index (κ3) is 8.06. The third-order valence-electron chi connectivity index (χ3n) is 4.84. The molecule has 0 saturated heterocycles. The van der Waals surface area contributed by atoms with E-state index in [0.717, 1.165) is 16.9 Å². The van der Waals surface area contributed by atoms with E-state index in [4.69, 9.17) is 16.3 Å². The van der Waals surface area contributed by atoms with E-state index in [2.05, 4.69) is 5.32 Å². The van der Waals surface area contributed by atoms with Gasteiger partial charge in [-0.3, -0.25) is 9.59 Å². The summed E-state index contributed by atoms with van der Waals surface area (Å²) in [7, 11) is 1.63. The van der Waals surface area contributed by atoms with Crippen molar-refractivity contribution in [2.24, 2.45) is 0 Å². The standard InChI is InChI=1S/C25H33ClN2O3S/c1-6-22(24(30)27-25(2,3)4)28(15-19-9-7-8-10-21(19)26)23(29)17-32-16-18-11-13-20(31-5)14-12-18/h7-14,22H,6,15-17H2,1-5H3,(H,27,30). The molecule has 0 aliphatic carbocycles. The van der Waals surface area contributed by atoms with Crippen molar-refractivity contribution in [3.8, 4) is 5.75 Å². The molecule has 0 bridgehead atoms. The lowest BCUT2D eigenvalue weighted by molar-refractivity contribution is -0.140. The molecule has 7 heteroatoms. The first-order valence-electron chi connectivity index (χ1n) is 10.7. The Morgan fingerprint density at radius 1 is 1.12 bits per heavy atom. The van der Waals surface area contributed by atoms with E-state index in [1.807, 2.05) is 70.2 Å². The number of rotatable bonds is 10. The van der Waals surface area contributed by atoms with Gasteiger partial charge in [-0.25, -0.2) is 0 Å². The minimum atomic E-state index is -0.570. The molecule has 0 aromatic heterocycles. The smallest absolute Gasteiger partial charge is 0.243 e. The zero-order chi connectivity index (χ0) is 23.7. The van der Waals surface area contributed by atoms with Gasteiger partial charge in [-0.1, -0.05) is 48.9 Å². The molecule has 0 fully saturated rings. The highest BCUT2D eigenvalue weighted by atomic mass is 35.5. The van der Waals surface area contributed by atoms with Crippen LogP contribution in [0.15, 0.2) is 48.5 Å². The number of ether oxygens (including phenoxy) is 1. The van der Waals surface area contributed by atoms with Crippen molar-refractivity contribution in [3.05, 3.63) is 64.7 Å². The fourth-order valence-corrected chi connectivity index (χ4v) is 4.31. The highest BCUT2D eigenvalue weighted by Crippen LogP contribution is 2.22. The Labute approximate surface area is 200 Å². The van der Waals surface area contributed by atoms with Crippen molar-refractivity contribution in [1.29, 1.82) is 0 Å². The van der Waals surface area contributed by atoms with Crippen LogP contribution in [0.25, 0.3) is 0 Å². The van der Waals surface area contributed by atoms with Crippen molar-refractivity contribution in [2.75, 3.05) is 12.9 Å². The van der Waals surface area contributed by atoms with Gasteiger partial charge in [0.05, 0.1) is 12.9 Å². The van der Waals surface area contributed by atoms with Gasteiger partial charge in [0.2, 0.25) is 11.8 Å². The van der Waals surface area contributed by atoms with Crippen LogP contribution in [0.1, 0.15) is 45.2 Å². The quantitative estimate of drug-likeness (QED) is 0.505. The van der Waals surface area contributed by atoms with Crippen molar-refractivity contribution in [3.63, 3.8) is 0 Å². The summed E-state index contributed by atoms with van der Waals surface area (Å²) in [5.74, 6) is 1.53. The van der Waals surface area contributed by atoms with Gasteiger partial charge in [0.25, 0.3) is 0 Å². The molecule has 1 atom stereocenters. The lowest BCUT2D eigenvalue weighted by Gasteiger charge is -2.33. The van der Waals surface area contributed by atoms with Crippen LogP contribution in [0.4, 0.5) is 0 Å². The molecule has 0 radical (unpaired) electrons. The minimum Gasteiger partial charge on any atom is -0.497 e. The monoisotopic (exact) mass is 476 g/mol. The first kappa shape index (κ1) is 26.1. The summed E-state index contributed by atoms with van der Waals surface area (Å²) < 4.78 is 5.19. The number of hydrogen-bond donors (Lipinski definition) is 1. The second-order valence-electron chi connectivity index (χ2n) is 8.62. The minimum absolute atomic E-state index is 0.0839. The van der Waals surface area contributed by atoms with Gasteiger partial charge in [-0.15, -0.1) is 11.8 Å². The predicted molar refractivity (Wildman–Crippen MR) is 133 cm³/mol. The largest absolute Gasteiger partial charge is 0.497 e. The summed E-state index contributed by atoms with van der Waals surface area (Å²) in [4.78, 5) is 27.9. The Hall–Kier alpha value is -2.18. The van der Waals surface area contributed by atoms with Crippen molar-refractivity contribution >= 4 is 35.2 Å². The van der Waals surface area contributed by atoms with Crippen molar-refractivity contribution in [2.45, 2.75) is 58.0 Å². The van der Waals surface area contributed by atoms with Gasteiger partial charge >= 0.3 is 0 Å². The van der Waals surface area contributed by atoms with Crippen LogP contribution in [0.2, 0.25) is 5.02 Å². The Balaban J connectivity index is 2.15. The number of benzene rings is 2. The third-order valence-corrected chi connectivity index (χ3v) is 6.19. The van der Waals surface area contributed by atoms with Gasteiger partial charge < -0.3 is 15.0 Å². The second-order valence-corrected chi connectivity index (χ2v) is 10.0. The zero-order valence-corrected chi connectivity index (χ0v) is 21.1. The average Bonchev–Trinajstić information content (AvgIpc) is 2.74. The number of amides is 2. The summed E-state index contributed by atoms with van der Waals surface area (Å²) in [6.07, 6.45) is 0.515. The Kier molecular flexibility index (Phi) is 9.91. The van der Waals surface area contributed by atoms with E-state index < -0.39 is 6.04 Å².